The standard InChI is InChI=1S/C28H25FN4O3S/c1-16-7-8-18(13-23(16)31-28(35)33-24(11-12-36-33)17-5-3-2-4-6-17)19-9-10-22-25(14-19)37-27(30-22)32-26(34)20-15-21(20)29/h2-10,13-14,20-21,24H,11-12,15H2,1H3,(H,31,35)(H,30,32,34)/t20-,21+,24+/m1/s1. The SMILES string of the molecule is Cc1ccc(-c2ccc3nc(NC(=O)[C@@H]4C[C@@H]4F)sc3c2)cc1NC(=O)N1OCC[C@H]1c1ccccc1. The smallest absolute Gasteiger partial charge is 0.306 e. The Labute approximate surface area is 217 Å². The van der Waals surface area contributed by atoms with Gasteiger partial charge in [-0.3, -0.25) is 9.63 Å². The number of hydroxylamine groups is 2. The van der Waals surface area contributed by atoms with Crippen molar-refractivity contribution in [3.05, 3.63) is 77.9 Å². The van der Waals surface area contributed by atoms with Crippen molar-refractivity contribution in [2.45, 2.75) is 32.0 Å². The second-order valence-electron chi connectivity index (χ2n) is 9.38. The number of halogens is 1. The molecule has 6 rings (SSSR count). The summed E-state index contributed by atoms with van der Waals surface area (Å²) in [5.41, 5.74) is 5.32. The second-order valence-corrected chi connectivity index (χ2v) is 10.4. The van der Waals surface area contributed by atoms with Crippen LogP contribution in [0.4, 0.5) is 20.0 Å². The largest absolute Gasteiger partial charge is 0.346 e. The van der Waals surface area contributed by atoms with Gasteiger partial charge in [-0.05, 0) is 53.8 Å². The third kappa shape index (κ3) is 4.80. The number of alkyl halides is 1. The number of aryl methyl sites for hydroxylation is 1. The monoisotopic (exact) mass is 516 g/mol. The van der Waals surface area contributed by atoms with Crippen LogP contribution in [0.15, 0.2) is 66.7 Å². The molecule has 0 radical (unpaired) electrons. The quantitative estimate of drug-likeness (QED) is 0.318. The van der Waals surface area contributed by atoms with E-state index in [9.17, 15) is 14.0 Å². The molecule has 9 heteroatoms. The highest BCUT2D eigenvalue weighted by atomic mass is 32.1. The number of nitrogens with one attached hydrogen (secondary N) is 2. The van der Waals surface area contributed by atoms with Gasteiger partial charge < -0.3 is 10.6 Å². The number of fused-ring (bicyclic) bond motifs is 1. The van der Waals surface area contributed by atoms with Gasteiger partial charge in [-0.2, -0.15) is 5.06 Å². The van der Waals surface area contributed by atoms with Crippen molar-refractivity contribution in [3.63, 3.8) is 0 Å². The number of hydrogen-bond donors (Lipinski definition) is 2. The van der Waals surface area contributed by atoms with E-state index in [1.54, 1.807) is 0 Å². The zero-order valence-corrected chi connectivity index (χ0v) is 20.9. The minimum Gasteiger partial charge on any atom is -0.306 e. The number of urea groups is 1. The maximum atomic E-state index is 13.2. The number of carbonyl (C=O) groups is 2. The number of carbonyl (C=O) groups excluding carboxylic acids is 2. The number of thiazole rings is 1. The Balaban J connectivity index is 1.21. The fourth-order valence-corrected chi connectivity index (χ4v) is 5.45. The van der Waals surface area contributed by atoms with Gasteiger partial charge in [0.25, 0.3) is 0 Å². The van der Waals surface area contributed by atoms with E-state index in [2.05, 4.69) is 15.6 Å². The third-order valence-electron chi connectivity index (χ3n) is 6.77. The van der Waals surface area contributed by atoms with Crippen LogP contribution in [0.5, 0.6) is 0 Å². The van der Waals surface area contributed by atoms with E-state index in [1.165, 1.54) is 16.4 Å². The molecule has 3 atom stereocenters. The highest BCUT2D eigenvalue weighted by molar-refractivity contribution is 7.22. The molecular formula is C28H25FN4O3S. The van der Waals surface area contributed by atoms with E-state index in [1.807, 2.05) is 73.7 Å². The van der Waals surface area contributed by atoms with Crippen LogP contribution in [0, 0.1) is 12.8 Å². The van der Waals surface area contributed by atoms with Gasteiger partial charge in [0.1, 0.15) is 6.17 Å². The molecule has 1 aliphatic carbocycles. The van der Waals surface area contributed by atoms with Crippen LogP contribution in [0.25, 0.3) is 21.3 Å². The molecule has 0 bridgehead atoms. The average Bonchev–Trinajstić information content (AvgIpc) is 3.28. The van der Waals surface area contributed by atoms with Crippen molar-refractivity contribution in [2.24, 2.45) is 5.92 Å². The lowest BCUT2D eigenvalue weighted by Gasteiger charge is -2.23. The molecule has 7 nitrogen and oxygen atoms in total. The molecule has 2 N–H and O–H groups in total. The molecule has 0 unspecified atom stereocenters. The topological polar surface area (TPSA) is 83.6 Å². The molecule has 4 aromatic rings. The predicted octanol–water partition coefficient (Wildman–Crippen LogP) is 6.48. The van der Waals surface area contributed by atoms with Crippen LogP contribution >= 0.6 is 11.3 Å². The number of anilines is 2. The maximum Gasteiger partial charge on any atom is 0.346 e. The Bertz CT molecular complexity index is 1490. The van der Waals surface area contributed by atoms with Gasteiger partial charge >= 0.3 is 6.03 Å². The zero-order chi connectivity index (χ0) is 25.5. The third-order valence-corrected chi connectivity index (χ3v) is 7.70. The molecule has 2 fully saturated rings. The molecule has 0 spiro atoms. The summed E-state index contributed by atoms with van der Waals surface area (Å²) >= 11 is 1.36. The molecule has 1 aliphatic heterocycles. The maximum absolute atomic E-state index is 13.2. The minimum absolute atomic E-state index is 0.135. The van der Waals surface area contributed by atoms with Gasteiger partial charge in [-0.25, -0.2) is 14.2 Å². The molecular weight excluding hydrogens is 491 g/mol. The van der Waals surface area contributed by atoms with Crippen LogP contribution in [0.2, 0.25) is 0 Å². The van der Waals surface area contributed by atoms with Crippen LogP contribution in [-0.2, 0) is 9.63 Å². The van der Waals surface area contributed by atoms with E-state index in [0.717, 1.165) is 38.9 Å². The fourth-order valence-electron chi connectivity index (χ4n) is 4.54. The first kappa shape index (κ1) is 23.6. The first-order valence-corrected chi connectivity index (χ1v) is 13.0. The van der Waals surface area contributed by atoms with Crippen LogP contribution in [-0.4, -0.2) is 34.8 Å². The lowest BCUT2D eigenvalue weighted by Crippen LogP contribution is -2.33. The van der Waals surface area contributed by atoms with Crippen molar-refractivity contribution in [2.75, 3.05) is 17.2 Å². The van der Waals surface area contributed by atoms with Crippen molar-refractivity contribution in [1.82, 2.24) is 10.0 Å². The lowest BCUT2D eigenvalue weighted by atomic mass is 10.0. The molecule has 2 aliphatic rings. The normalized spacial score (nSPS) is 20.7. The number of aromatic nitrogens is 1. The van der Waals surface area contributed by atoms with Gasteiger partial charge in [0.05, 0.1) is 28.8 Å². The Morgan fingerprint density at radius 1 is 1.05 bits per heavy atom. The van der Waals surface area contributed by atoms with Gasteiger partial charge in [-0.15, -0.1) is 0 Å². The van der Waals surface area contributed by atoms with Crippen molar-refractivity contribution in [1.29, 1.82) is 0 Å². The van der Waals surface area contributed by atoms with Crippen molar-refractivity contribution in [3.8, 4) is 11.1 Å². The summed E-state index contributed by atoms with van der Waals surface area (Å²) in [7, 11) is 0. The molecule has 1 saturated heterocycles. The van der Waals surface area contributed by atoms with Gasteiger partial charge in [0.2, 0.25) is 5.91 Å². The Morgan fingerprint density at radius 3 is 2.59 bits per heavy atom. The molecule has 2 heterocycles. The first-order chi connectivity index (χ1) is 18.0. The molecule has 3 aromatic carbocycles. The fraction of sp³-hybridized carbons (Fsp3) is 0.250. The Morgan fingerprint density at radius 2 is 1.81 bits per heavy atom. The van der Waals surface area contributed by atoms with Crippen molar-refractivity contribution < 1.29 is 18.8 Å². The van der Waals surface area contributed by atoms with Gasteiger partial charge in [0.15, 0.2) is 5.13 Å². The number of hydrogen-bond acceptors (Lipinski definition) is 5. The van der Waals surface area contributed by atoms with Crippen molar-refractivity contribution >= 4 is 44.3 Å². The summed E-state index contributed by atoms with van der Waals surface area (Å²) in [5, 5.41) is 7.64. The van der Waals surface area contributed by atoms with Gasteiger partial charge in [-0.1, -0.05) is 59.9 Å². The van der Waals surface area contributed by atoms with E-state index in [0.29, 0.717) is 17.4 Å². The Kier molecular flexibility index (Phi) is 6.10. The van der Waals surface area contributed by atoms with Crippen LogP contribution in [0.3, 0.4) is 0 Å². The van der Waals surface area contributed by atoms with Crippen LogP contribution in [0.1, 0.15) is 30.0 Å². The highest BCUT2D eigenvalue weighted by Crippen LogP contribution is 2.37. The molecule has 1 saturated carbocycles. The molecule has 1 aromatic heterocycles. The summed E-state index contributed by atoms with van der Waals surface area (Å²) in [5.74, 6) is -0.875. The van der Waals surface area contributed by atoms with Crippen LogP contribution < -0.4 is 10.6 Å². The van der Waals surface area contributed by atoms with E-state index in [-0.39, 0.29) is 24.4 Å². The predicted molar refractivity (Wildman–Crippen MR) is 142 cm³/mol. The number of benzene rings is 3. The van der Waals surface area contributed by atoms with Gasteiger partial charge in [0, 0.05) is 12.1 Å². The summed E-state index contributed by atoms with van der Waals surface area (Å²) in [6.07, 6.45) is -0.0225. The summed E-state index contributed by atoms with van der Waals surface area (Å²) in [4.78, 5) is 35.4. The minimum atomic E-state index is -1.04. The zero-order valence-electron chi connectivity index (χ0n) is 20.1. The highest BCUT2D eigenvalue weighted by Gasteiger charge is 2.43. The summed E-state index contributed by atoms with van der Waals surface area (Å²) in [6.45, 7) is 2.43. The molecule has 3 amide bonds. The van der Waals surface area contributed by atoms with E-state index < -0.39 is 12.1 Å². The number of amides is 3. The molecule has 188 valence electrons. The average molecular weight is 517 g/mol. The second kappa shape index (κ2) is 9.57. The van der Waals surface area contributed by atoms with E-state index in [4.69, 9.17) is 4.84 Å². The molecule has 37 heavy (non-hydrogen) atoms. The number of nitrogens with zero attached hydrogens (tertiary/aromatic N) is 2. The summed E-state index contributed by atoms with van der Waals surface area (Å²) < 4.78 is 14.1. The Hall–Kier alpha value is -3.82. The lowest BCUT2D eigenvalue weighted by molar-refractivity contribution is -0.117. The summed E-state index contributed by atoms with van der Waals surface area (Å²) in [6, 6.07) is 21.2. The first-order valence-electron chi connectivity index (χ1n) is 12.2. The number of rotatable bonds is 5. The van der Waals surface area contributed by atoms with E-state index >= 15 is 0 Å².